The lowest BCUT2D eigenvalue weighted by atomic mass is 10.0. The molecule has 3 unspecified atom stereocenters. The molecule has 0 spiro atoms. The number of rotatable bonds is 34. The fraction of sp³-hybridized carbons (Fsp3) is 0.872. The SMILES string of the molecule is CCC/C=C/CCCCCCCCCCCCCCCCCCC[N+](CCC(C)C(=O)[O-])(CCC(C)C(=O)O)CCC(C)C(=O)O. The molecule has 0 aromatic heterocycles. The third-order valence-electron chi connectivity index (χ3n) is 9.98. The molecular formula is C39H73NO6. The van der Waals surface area contributed by atoms with E-state index in [1.54, 1.807) is 20.8 Å². The van der Waals surface area contributed by atoms with Gasteiger partial charge in [0.1, 0.15) is 0 Å². The van der Waals surface area contributed by atoms with Crippen molar-refractivity contribution in [1.82, 2.24) is 0 Å². The second kappa shape index (κ2) is 29.3. The molecule has 0 heterocycles. The van der Waals surface area contributed by atoms with Crippen LogP contribution in [0.25, 0.3) is 0 Å². The van der Waals surface area contributed by atoms with Crippen molar-refractivity contribution < 1.29 is 34.2 Å². The lowest BCUT2D eigenvalue weighted by Crippen LogP contribution is -2.52. The van der Waals surface area contributed by atoms with Gasteiger partial charge in [-0.2, -0.15) is 0 Å². The van der Waals surface area contributed by atoms with Gasteiger partial charge in [0, 0.05) is 31.1 Å². The summed E-state index contributed by atoms with van der Waals surface area (Å²) in [6, 6.07) is 0. The van der Waals surface area contributed by atoms with Crippen LogP contribution in [-0.2, 0) is 14.4 Å². The number of carbonyl (C=O) groups excluding carboxylic acids is 1. The van der Waals surface area contributed by atoms with Crippen molar-refractivity contribution in [1.29, 1.82) is 0 Å². The molecule has 7 heteroatoms. The number of carboxylic acids is 3. The maximum Gasteiger partial charge on any atom is 0.306 e. The van der Waals surface area contributed by atoms with Crippen molar-refractivity contribution in [2.75, 3.05) is 26.2 Å². The number of nitrogens with zero attached hydrogens (tertiary/aromatic N) is 1. The van der Waals surface area contributed by atoms with E-state index in [-0.39, 0.29) is 0 Å². The number of quaternary nitrogens is 1. The predicted octanol–water partition coefficient (Wildman–Crippen LogP) is 9.18. The molecule has 0 aliphatic heterocycles. The Morgan fingerprint density at radius 1 is 0.522 bits per heavy atom. The Morgan fingerprint density at radius 2 is 0.848 bits per heavy atom. The standard InChI is InChI=1S/C39H73NO6/c1-5-6-7-8-9-10-11-12-13-14-15-16-17-18-19-20-21-22-23-24-25-26-30-40(31-27-34(2)37(41)42,32-28-35(3)38(43)44)33-29-36(4)39(45)46/h7-8,34-36H,5-6,9-33H2,1-4H3,(H2-,41,42,43,44,45,46)/b8-7+. The lowest BCUT2D eigenvalue weighted by Gasteiger charge is -2.41. The Morgan fingerprint density at radius 3 is 1.20 bits per heavy atom. The molecular weight excluding hydrogens is 578 g/mol. The van der Waals surface area contributed by atoms with Crippen LogP contribution in [-0.4, -0.2) is 58.8 Å². The van der Waals surface area contributed by atoms with Crippen LogP contribution >= 0.6 is 0 Å². The van der Waals surface area contributed by atoms with Gasteiger partial charge in [0.15, 0.2) is 0 Å². The minimum absolute atomic E-state index is 0.447. The molecule has 7 nitrogen and oxygen atoms in total. The van der Waals surface area contributed by atoms with Gasteiger partial charge in [0.25, 0.3) is 0 Å². The van der Waals surface area contributed by atoms with E-state index in [0.717, 1.165) is 19.4 Å². The summed E-state index contributed by atoms with van der Waals surface area (Å²) >= 11 is 0. The summed E-state index contributed by atoms with van der Waals surface area (Å²) in [4.78, 5) is 34.4. The van der Waals surface area contributed by atoms with Crippen molar-refractivity contribution in [3.63, 3.8) is 0 Å². The highest BCUT2D eigenvalue weighted by atomic mass is 16.4. The fourth-order valence-electron chi connectivity index (χ4n) is 6.20. The number of carboxylic acid groups (broad SMARTS) is 3. The van der Waals surface area contributed by atoms with E-state index in [9.17, 15) is 29.7 Å². The molecule has 46 heavy (non-hydrogen) atoms. The highest BCUT2D eigenvalue weighted by Crippen LogP contribution is 2.22. The van der Waals surface area contributed by atoms with Crippen LogP contribution < -0.4 is 5.11 Å². The van der Waals surface area contributed by atoms with Gasteiger partial charge in [-0.25, -0.2) is 0 Å². The predicted molar refractivity (Wildman–Crippen MR) is 189 cm³/mol. The van der Waals surface area contributed by atoms with Crippen LogP contribution in [0.5, 0.6) is 0 Å². The summed E-state index contributed by atoms with van der Waals surface area (Å²) in [5, 5.41) is 30.3. The zero-order chi connectivity index (χ0) is 34.5. The molecule has 2 N–H and O–H groups in total. The monoisotopic (exact) mass is 652 g/mol. The first kappa shape index (κ1) is 44.1. The summed E-state index contributed by atoms with van der Waals surface area (Å²) in [6.07, 6.45) is 32.0. The molecule has 0 saturated heterocycles. The summed E-state index contributed by atoms with van der Waals surface area (Å²) in [7, 11) is 0. The van der Waals surface area contributed by atoms with Gasteiger partial charge in [-0.3, -0.25) is 9.59 Å². The third kappa shape index (κ3) is 25.2. The molecule has 0 aromatic carbocycles. The zero-order valence-corrected chi connectivity index (χ0v) is 30.5. The molecule has 270 valence electrons. The molecule has 0 bridgehead atoms. The van der Waals surface area contributed by atoms with Gasteiger partial charge in [-0.1, -0.05) is 136 Å². The van der Waals surface area contributed by atoms with Crippen molar-refractivity contribution >= 4 is 17.9 Å². The van der Waals surface area contributed by atoms with E-state index in [1.807, 2.05) is 0 Å². The van der Waals surface area contributed by atoms with Crippen LogP contribution in [0.3, 0.4) is 0 Å². The molecule has 0 rings (SSSR count). The Balaban J connectivity index is 4.26. The van der Waals surface area contributed by atoms with Crippen molar-refractivity contribution in [3.05, 3.63) is 12.2 Å². The average molecular weight is 652 g/mol. The Kier molecular flexibility index (Phi) is 28.1. The van der Waals surface area contributed by atoms with Crippen LogP contribution in [0, 0.1) is 17.8 Å². The maximum absolute atomic E-state index is 11.5. The number of hydrogen-bond acceptors (Lipinski definition) is 4. The lowest BCUT2D eigenvalue weighted by molar-refractivity contribution is -0.929. The van der Waals surface area contributed by atoms with Crippen molar-refractivity contribution in [3.8, 4) is 0 Å². The highest BCUT2D eigenvalue weighted by Gasteiger charge is 2.30. The topological polar surface area (TPSA) is 115 Å². The first-order valence-corrected chi connectivity index (χ1v) is 19.2. The second-order valence-electron chi connectivity index (χ2n) is 14.4. The number of unbranched alkanes of at least 4 members (excludes halogenated alkanes) is 18. The van der Waals surface area contributed by atoms with Crippen LogP contribution in [0.1, 0.15) is 175 Å². The quantitative estimate of drug-likeness (QED) is 0.0407. The van der Waals surface area contributed by atoms with E-state index in [4.69, 9.17) is 0 Å². The first-order chi connectivity index (χ1) is 22.0. The average Bonchev–Trinajstić information content (AvgIpc) is 3.03. The van der Waals surface area contributed by atoms with E-state index in [0.29, 0.717) is 43.4 Å². The Labute approximate surface area is 283 Å². The van der Waals surface area contributed by atoms with Crippen molar-refractivity contribution in [2.24, 2.45) is 17.8 Å². The van der Waals surface area contributed by atoms with Gasteiger partial charge in [0.2, 0.25) is 0 Å². The first-order valence-electron chi connectivity index (χ1n) is 19.2. The van der Waals surface area contributed by atoms with Gasteiger partial charge in [0.05, 0.1) is 38.0 Å². The number of hydrogen-bond donors (Lipinski definition) is 2. The number of carbonyl (C=O) groups is 3. The number of aliphatic carboxylic acids is 3. The van der Waals surface area contributed by atoms with Gasteiger partial charge >= 0.3 is 11.9 Å². The van der Waals surface area contributed by atoms with Crippen molar-refractivity contribution in [2.45, 2.75) is 175 Å². The van der Waals surface area contributed by atoms with E-state index >= 15 is 0 Å². The largest absolute Gasteiger partial charge is 0.550 e. The highest BCUT2D eigenvalue weighted by molar-refractivity contribution is 5.69. The normalized spacial score (nSPS) is 15.0. The maximum atomic E-state index is 11.5. The Hall–Kier alpha value is -1.89. The molecule has 0 aliphatic carbocycles. The molecule has 0 amide bonds. The Bertz CT molecular complexity index is 738. The van der Waals surface area contributed by atoms with E-state index < -0.39 is 35.7 Å². The fourth-order valence-corrected chi connectivity index (χ4v) is 6.20. The van der Waals surface area contributed by atoms with Gasteiger partial charge in [-0.05, 0) is 32.1 Å². The molecule has 0 radical (unpaired) electrons. The molecule has 3 atom stereocenters. The van der Waals surface area contributed by atoms with Gasteiger partial charge in [-0.15, -0.1) is 0 Å². The second-order valence-corrected chi connectivity index (χ2v) is 14.4. The van der Waals surface area contributed by atoms with Crippen LogP contribution in [0.15, 0.2) is 12.2 Å². The zero-order valence-electron chi connectivity index (χ0n) is 30.5. The van der Waals surface area contributed by atoms with E-state index in [2.05, 4.69) is 19.1 Å². The van der Waals surface area contributed by atoms with Crippen LogP contribution in [0.4, 0.5) is 0 Å². The number of allylic oxidation sites excluding steroid dienone is 2. The molecule has 0 aliphatic rings. The minimum Gasteiger partial charge on any atom is -0.550 e. The third-order valence-corrected chi connectivity index (χ3v) is 9.98. The van der Waals surface area contributed by atoms with Gasteiger partial charge < -0.3 is 24.6 Å². The summed E-state index contributed by atoms with van der Waals surface area (Å²) in [6.45, 7) is 9.97. The van der Waals surface area contributed by atoms with Crippen LogP contribution in [0.2, 0.25) is 0 Å². The summed E-state index contributed by atoms with van der Waals surface area (Å²) in [5.41, 5.74) is 0. The summed E-state index contributed by atoms with van der Waals surface area (Å²) < 4.78 is 0.587. The minimum atomic E-state index is -1.07. The van der Waals surface area contributed by atoms with E-state index in [1.165, 1.54) is 116 Å². The summed E-state index contributed by atoms with van der Waals surface area (Å²) in [5.74, 6) is -4.30. The molecule has 0 aromatic rings. The molecule has 0 saturated carbocycles. The molecule has 0 fully saturated rings. The smallest absolute Gasteiger partial charge is 0.306 e.